The third kappa shape index (κ3) is 6.81. The standard InChI is InChI=1S/C71H83BN2/c1-41-15-24-61-58(29-41)72-59-35-46(68(8,9)10)20-26-62(59)74(60-25-19-45(67(5,6)7)34-49(60)43-16-23-56-57(33-43)70(13,14)28-27-69(56,11)12)64-37-47(36-63(65(64)72)73(61)48-21-17-44(18-22-48)66(2,3)4)71-38-53-50-30-42-31-51(53)55(40-71)52(32-42)54(50)39-71/h15-26,29,33-37,42,50-55H,27-28,30-32,38-40H2,1-14H3/t42?,50-,51-,52?,53?,54?,55?,71-/m1/s1. The molecule has 6 aromatic carbocycles. The molecule has 6 aromatic rings. The summed E-state index contributed by atoms with van der Waals surface area (Å²) in [5, 5.41) is 0. The largest absolute Gasteiger partial charge is 0.311 e. The van der Waals surface area contributed by atoms with Gasteiger partial charge in [0, 0.05) is 34.0 Å². The van der Waals surface area contributed by atoms with Crippen molar-refractivity contribution in [3.63, 3.8) is 0 Å². The third-order valence-corrected chi connectivity index (χ3v) is 22.0. The molecule has 74 heavy (non-hydrogen) atoms. The van der Waals surface area contributed by atoms with Crippen molar-refractivity contribution in [3.8, 4) is 11.1 Å². The van der Waals surface area contributed by atoms with Crippen LogP contribution in [0.1, 0.15) is 180 Å². The minimum atomic E-state index is -0.0176. The van der Waals surface area contributed by atoms with E-state index in [4.69, 9.17) is 0 Å². The molecule has 8 aliphatic carbocycles. The molecule has 7 fully saturated rings. The fourth-order valence-corrected chi connectivity index (χ4v) is 18.0. The highest BCUT2D eigenvalue weighted by Gasteiger charge is 2.67. The highest BCUT2D eigenvalue weighted by Crippen LogP contribution is 2.74. The molecule has 3 heteroatoms. The smallest absolute Gasteiger partial charge is 0.252 e. The molecule has 10 aliphatic rings. The lowest BCUT2D eigenvalue weighted by Gasteiger charge is -2.72. The maximum atomic E-state index is 2.82. The zero-order valence-electron chi connectivity index (χ0n) is 47.6. The molecule has 0 aromatic heterocycles. The molecule has 2 heterocycles. The first-order valence-electron chi connectivity index (χ1n) is 29.3. The zero-order valence-corrected chi connectivity index (χ0v) is 47.6. The number of anilines is 6. The van der Waals surface area contributed by atoms with Gasteiger partial charge in [-0.15, -0.1) is 0 Å². The van der Waals surface area contributed by atoms with Crippen molar-refractivity contribution in [2.24, 2.45) is 41.4 Å². The molecular formula is C71H83BN2. The van der Waals surface area contributed by atoms with Gasteiger partial charge in [-0.1, -0.05) is 156 Å². The molecule has 0 spiro atoms. The van der Waals surface area contributed by atoms with Crippen LogP contribution in [-0.4, -0.2) is 6.71 Å². The lowest BCUT2D eigenvalue weighted by molar-refractivity contribution is -0.212. The summed E-state index contributed by atoms with van der Waals surface area (Å²) in [6.45, 7) is 33.7. The topological polar surface area (TPSA) is 6.48 Å². The Kier molecular flexibility index (Phi) is 9.84. The molecule has 380 valence electrons. The van der Waals surface area contributed by atoms with Gasteiger partial charge in [0.1, 0.15) is 0 Å². The average molecular weight is 975 g/mol. The second-order valence-corrected chi connectivity index (χ2v) is 30.4. The number of hydrogen-bond acceptors (Lipinski definition) is 2. The van der Waals surface area contributed by atoms with Crippen molar-refractivity contribution in [1.29, 1.82) is 0 Å². The lowest BCUT2D eigenvalue weighted by atomic mass is 9.31. The van der Waals surface area contributed by atoms with Gasteiger partial charge in [0.15, 0.2) is 0 Å². The van der Waals surface area contributed by atoms with Gasteiger partial charge < -0.3 is 9.80 Å². The summed E-state index contributed by atoms with van der Waals surface area (Å²) >= 11 is 0. The van der Waals surface area contributed by atoms with Crippen LogP contribution in [0, 0.1) is 48.3 Å². The maximum Gasteiger partial charge on any atom is 0.252 e. The summed E-state index contributed by atoms with van der Waals surface area (Å²) in [5.74, 6) is 6.59. The molecule has 7 saturated carbocycles. The maximum absolute atomic E-state index is 2.82. The van der Waals surface area contributed by atoms with E-state index in [2.05, 4.69) is 216 Å². The molecule has 0 radical (unpaired) electrons. The van der Waals surface area contributed by atoms with Crippen molar-refractivity contribution >= 4 is 57.2 Å². The normalized spacial score (nSPS) is 28.3. The first-order chi connectivity index (χ1) is 34.9. The lowest BCUT2D eigenvalue weighted by Crippen LogP contribution is -2.66. The zero-order chi connectivity index (χ0) is 51.6. The van der Waals surface area contributed by atoms with Gasteiger partial charge in [-0.2, -0.15) is 0 Å². The monoisotopic (exact) mass is 975 g/mol. The van der Waals surface area contributed by atoms with Crippen molar-refractivity contribution < 1.29 is 0 Å². The first-order valence-corrected chi connectivity index (χ1v) is 29.3. The van der Waals surface area contributed by atoms with Crippen molar-refractivity contribution in [3.05, 3.63) is 148 Å². The molecule has 8 bridgehead atoms. The molecular weight excluding hydrogens is 892 g/mol. The summed E-state index contributed by atoms with van der Waals surface area (Å²) in [5.41, 5.74) is 25.6. The van der Waals surface area contributed by atoms with Crippen molar-refractivity contribution in [2.75, 3.05) is 9.80 Å². The molecule has 16 rings (SSSR count). The van der Waals surface area contributed by atoms with Crippen LogP contribution in [0.5, 0.6) is 0 Å². The molecule has 2 nitrogen and oxygen atoms in total. The van der Waals surface area contributed by atoms with Crippen LogP contribution < -0.4 is 26.2 Å². The highest BCUT2D eigenvalue weighted by molar-refractivity contribution is 7.00. The highest BCUT2D eigenvalue weighted by atomic mass is 15.2. The van der Waals surface area contributed by atoms with Crippen LogP contribution in [-0.2, 0) is 32.5 Å². The number of aryl methyl sites for hydroxylation is 1. The Bertz CT molecular complexity index is 3270. The van der Waals surface area contributed by atoms with E-state index in [1.165, 1.54) is 146 Å². The number of hydrogen-bond donors (Lipinski definition) is 0. The minimum absolute atomic E-state index is 0.0156. The second-order valence-electron chi connectivity index (χ2n) is 30.4. The Labute approximate surface area is 446 Å². The van der Waals surface area contributed by atoms with E-state index in [9.17, 15) is 0 Å². The predicted molar refractivity (Wildman–Crippen MR) is 316 cm³/mol. The Hall–Kier alpha value is -5.02. The van der Waals surface area contributed by atoms with Gasteiger partial charge in [-0.3, -0.25) is 0 Å². The Morgan fingerprint density at radius 1 is 0.459 bits per heavy atom. The average Bonchev–Trinajstić information content (AvgIpc) is 3.42. The van der Waals surface area contributed by atoms with Gasteiger partial charge in [0.05, 0.1) is 5.69 Å². The van der Waals surface area contributed by atoms with Crippen LogP contribution in [0.15, 0.2) is 109 Å². The van der Waals surface area contributed by atoms with Crippen LogP contribution in [0.3, 0.4) is 0 Å². The van der Waals surface area contributed by atoms with Gasteiger partial charge in [0.25, 0.3) is 6.71 Å². The Morgan fingerprint density at radius 2 is 0.959 bits per heavy atom. The summed E-state index contributed by atoms with van der Waals surface area (Å²) in [4.78, 5) is 5.53. The number of fused-ring (bicyclic) bond motifs is 5. The van der Waals surface area contributed by atoms with Crippen LogP contribution in [0.2, 0.25) is 0 Å². The van der Waals surface area contributed by atoms with Crippen LogP contribution in [0.4, 0.5) is 34.1 Å². The first kappa shape index (κ1) is 47.4. The minimum Gasteiger partial charge on any atom is -0.311 e. The molecule has 0 unspecified atom stereocenters. The summed E-state index contributed by atoms with van der Waals surface area (Å²) < 4.78 is 0. The Morgan fingerprint density at radius 3 is 1.55 bits per heavy atom. The van der Waals surface area contributed by atoms with E-state index >= 15 is 0 Å². The van der Waals surface area contributed by atoms with E-state index in [0.29, 0.717) is 0 Å². The SMILES string of the molecule is Cc1ccc2c(c1)B1c3cc(C(C)(C)C)ccc3N(c3ccc(C(C)(C)C)cc3-c3ccc4c(c3)C(C)(C)CCC4(C)C)c3cc([C@]45CC6C7CC8C[C@@H]6C(C4)[C@@H](C8)C7C5)cc(c31)N2c1ccc(C(C)(C)C)cc1. The second kappa shape index (κ2) is 15.3. The number of rotatable bonds is 4. The fourth-order valence-electron chi connectivity index (χ4n) is 18.0. The van der Waals surface area contributed by atoms with Gasteiger partial charge in [-0.25, -0.2) is 0 Å². The molecule has 0 amide bonds. The van der Waals surface area contributed by atoms with Gasteiger partial charge in [-0.05, 0) is 236 Å². The molecule has 0 atom stereocenters. The summed E-state index contributed by atoms with van der Waals surface area (Å²) in [6, 6.07) is 45.6. The number of benzene rings is 6. The molecule has 0 saturated heterocycles. The predicted octanol–water partition coefficient (Wildman–Crippen LogP) is 16.9. The van der Waals surface area contributed by atoms with E-state index in [1.54, 1.807) is 5.56 Å². The fraction of sp³-hybridized carbons (Fsp3) is 0.493. The third-order valence-electron chi connectivity index (χ3n) is 22.0. The number of nitrogens with zero attached hydrogens (tertiary/aromatic N) is 2. The Balaban J connectivity index is 1.07. The van der Waals surface area contributed by atoms with E-state index < -0.39 is 0 Å². The quantitative estimate of drug-likeness (QED) is 0.162. The van der Waals surface area contributed by atoms with Crippen molar-refractivity contribution in [2.45, 2.75) is 181 Å². The van der Waals surface area contributed by atoms with E-state index in [-0.39, 0.29) is 39.2 Å². The van der Waals surface area contributed by atoms with Gasteiger partial charge >= 0.3 is 0 Å². The molecule has 2 aliphatic heterocycles. The van der Waals surface area contributed by atoms with Crippen LogP contribution >= 0.6 is 0 Å². The van der Waals surface area contributed by atoms with Crippen molar-refractivity contribution in [1.82, 2.24) is 0 Å². The van der Waals surface area contributed by atoms with Gasteiger partial charge in [0.2, 0.25) is 0 Å². The molecule has 0 N–H and O–H groups in total. The summed E-state index contributed by atoms with van der Waals surface area (Å²) in [6.07, 6.45) is 11.1. The van der Waals surface area contributed by atoms with Crippen LogP contribution in [0.25, 0.3) is 11.1 Å². The van der Waals surface area contributed by atoms with E-state index in [1.807, 2.05) is 0 Å². The summed E-state index contributed by atoms with van der Waals surface area (Å²) in [7, 11) is 0. The van der Waals surface area contributed by atoms with E-state index in [0.717, 1.165) is 41.4 Å².